The lowest BCUT2D eigenvalue weighted by atomic mass is 10.2. The van der Waals surface area contributed by atoms with E-state index in [0.717, 1.165) is 0 Å². The van der Waals surface area contributed by atoms with Gasteiger partial charge in [-0.2, -0.15) is 0 Å². The molecule has 1 heterocycles. The molecule has 9 heteroatoms. The Morgan fingerprint density at radius 2 is 1.92 bits per heavy atom. The molecular formula is C17H18N2O6S. The molecule has 138 valence electrons. The third-order valence-corrected chi connectivity index (χ3v) is 5.31. The summed E-state index contributed by atoms with van der Waals surface area (Å²) in [6, 6.07) is 9.53. The molecule has 0 saturated carbocycles. The van der Waals surface area contributed by atoms with E-state index in [4.69, 9.17) is 14.2 Å². The van der Waals surface area contributed by atoms with Crippen LogP contribution in [0.5, 0.6) is 17.2 Å². The van der Waals surface area contributed by atoms with Gasteiger partial charge < -0.3 is 19.5 Å². The molecule has 0 atom stereocenters. The minimum atomic E-state index is -3.82. The molecule has 0 spiro atoms. The third kappa shape index (κ3) is 3.89. The number of benzene rings is 2. The molecule has 26 heavy (non-hydrogen) atoms. The molecule has 0 saturated heterocycles. The second-order valence-electron chi connectivity index (χ2n) is 5.57. The molecule has 3 rings (SSSR count). The zero-order valence-electron chi connectivity index (χ0n) is 14.2. The zero-order chi connectivity index (χ0) is 18.7. The minimum absolute atomic E-state index is 0.0918. The van der Waals surface area contributed by atoms with E-state index in [-0.39, 0.29) is 11.7 Å². The van der Waals surface area contributed by atoms with Gasteiger partial charge in [0, 0.05) is 11.8 Å². The van der Waals surface area contributed by atoms with Crippen LogP contribution in [0, 0.1) is 6.92 Å². The number of carbonyl (C=O) groups excluding carboxylic acids is 1. The van der Waals surface area contributed by atoms with Gasteiger partial charge in [-0.25, -0.2) is 13.1 Å². The van der Waals surface area contributed by atoms with Gasteiger partial charge in [0.1, 0.15) is 5.75 Å². The third-order valence-electron chi connectivity index (χ3n) is 3.75. The van der Waals surface area contributed by atoms with Crippen molar-refractivity contribution in [2.45, 2.75) is 11.8 Å². The lowest BCUT2D eigenvalue weighted by molar-refractivity contribution is -0.115. The number of anilines is 1. The summed E-state index contributed by atoms with van der Waals surface area (Å²) < 4.78 is 42.6. The van der Waals surface area contributed by atoms with E-state index in [1.807, 2.05) is 0 Å². The molecule has 0 radical (unpaired) electrons. The van der Waals surface area contributed by atoms with Gasteiger partial charge >= 0.3 is 0 Å². The first-order valence-electron chi connectivity index (χ1n) is 7.73. The van der Waals surface area contributed by atoms with E-state index in [1.165, 1.54) is 13.2 Å². The summed E-state index contributed by atoms with van der Waals surface area (Å²) in [6.07, 6.45) is 0. The standard InChI is InChI=1S/C17H18N2O6S/c1-11-7-13(23-2)4-6-16(11)26(21,22)18-9-17(20)19-12-3-5-14-15(8-12)25-10-24-14/h3-8,18H,9-10H2,1-2H3,(H,19,20). The Labute approximate surface area is 151 Å². The van der Waals surface area contributed by atoms with Crippen LogP contribution in [0.15, 0.2) is 41.3 Å². The first-order chi connectivity index (χ1) is 12.4. The van der Waals surface area contributed by atoms with Crippen LogP contribution in [-0.4, -0.2) is 34.8 Å². The van der Waals surface area contributed by atoms with Gasteiger partial charge in [0.25, 0.3) is 0 Å². The van der Waals surface area contributed by atoms with E-state index in [1.54, 1.807) is 37.3 Å². The van der Waals surface area contributed by atoms with Crippen molar-refractivity contribution in [3.63, 3.8) is 0 Å². The van der Waals surface area contributed by atoms with Crippen molar-refractivity contribution in [3.8, 4) is 17.2 Å². The molecule has 2 aromatic carbocycles. The summed E-state index contributed by atoms with van der Waals surface area (Å²) in [5.41, 5.74) is 1.01. The molecule has 0 fully saturated rings. The quantitative estimate of drug-likeness (QED) is 0.792. The predicted octanol–water partition coefficient (Wildman–Crippen LogP) is 1.65. The van der Waals surface area contributed by atoms with Crippen LogP contribution in [0.25, 0.3) is 0 Å². The Balaban J connectivity index is 1.63. The van der Waals surface area contributed by atoms with Gasteiger partial charge in [-0.1, -0.05) is 0 Å². The average Bonchev–Trinajstić information content (AvgIpc) is 3.07. The fourth-order valence-corrected chi connectivity index (χ4v) is 3.67. The highest BCUT2D eigenvalue weighted by molar-refractivity contribution is 7.89. The number of amides is 1. The number of sulfonamides is 1. The van der Waals surface area contributed by atoms with E-state index in [2.05, 4.69) is 10.0 Å². The fraction of sp³-hybridized carbons (Fsp3) is 0.235. The number of rotatable bonds is 6. The van der Waals surface area contributed by atoms with Crippen molar-refractivity contribution in [2.24, 2.45) is 0 Å². The van der Waals surface area contributed by atoms with Gasteiger partial charge in [0.2, 0.25) is 22.7 Å². The average molecular weight is 378 g/mol. The molecular weight excluding hydrogens is 360 g/mol. The Morgan fingerprint density at radius 1 is 1.15 bits per heavy atom. The Hall–Kier alpha value is -2.78. The van der Waals surface area contributed by atoms with Crippen LogP contribution in [-0.2, 0) is 14.8 Å². The SMILES string of the molecule is COc1ccc(S(=O)(=O)NCC(=O)Nc2ccc3c(c2)OCO3)c(C)c1. The van der Waals surface area contributed by atoms with E-state index in [9.17, 15) is 13.2 Å². The summed E-state index contributed by atoms with van der Waals surface area (Å²) in [7, 11) is -2.32. The maximum absolute atomic E-state index is 12.4. The number of aryl methyl sites for hydroxylation is 1. The number of hydrogen-bond donors (Lipinski definition) is 2. The van der Waals surface area contributed by atoms with E-state index < -0.39 is 22.5 Å². The van der Waals surface area contributed by atoms with Crippen molar-refractivity contribution in [2.75, 3.05) is 25.8 Å². The maximum Gasteiger partial charge on any atom is 0.241 e. The van der Waals surface area contributed by atoms with Gasteiger partial charge in [-0.05, 0) is 42.8 Å². The lowest BCUT2D eigenvalue weighted by Gasteiger charge is -2.11. The molecule has 0 bridgehead atoms. The van der Waals surface area contributed by atoms with Crippen molar-refractivity contribution in [1.29, 1.82) is 0 Å². The molecule has 1 amide bonds. The largest absolute Gasteiger partial charge is 0.497 e. The number of nitrogens with one attached hydrogen (secondary N) is 2. The van der Waals surface area contributed by atoms with Gasteiger partial charge in [0.05, 0.1) is 18.6 Å². The normalized spacial score (nSPS) is 12.7. The summed E-state index contributed by atoms with van der Waals surface area (Å²) in [5.74, 6) is 1.18. The maximum atomic E-state index is 12.4. The monoisotopic (exact) mass is 378 g/mol. The second-order valence-corrected chi connectivity index (χ2v) is 7.31. The Bertz CT molecular complexity index is 942. The summed E-state index contributed by atoms with van der Waals surface area (Å²) >= 11 is 0. The zero-order valence-corrected chi connectivity index (χ0v) is 15.1. The minimum Gasteiger partial charge on any atom is -0.497 e. The molecule has 1 aliphatic rings. The molecule has 8 nitrogen and oxygen atoms in total. The smallest absolute Gasteiger partial charge is 0.241 e. The van der Waals surface area contributed by atoms with Gasteiger partial charge in [0.15, 0.2) is 11.5 Å². The van der Waals surface area contributed by atoms with Crippen LogP contribution >= 0.6 is 0 Å². The van der Waals surface area contributed by atoms with Crippen LogP contribution < -0.4 is 24.2 Å². The van der Waals surface area contributed by atoms with Crippen molar-refractivity contribution in [1.82, 2.24) is 4.72 Å². The summed E-state index contributed by atoms with van der Waals surface area (Å²) in [4.78, 5) is 12.1. The van der Waals surface area contributed by atoms with Crippen LogP contribution in [0.2, 0.25) is 0 Å². The highest BCUT2D eigenvalue weighted by Crippen LogP contribution is 2.34. The predicted molar refractivity (Wildman–Crippen MR) is 94.1 cm³/mol. The molecule has 1 aliphatic heterocycles. The molecule has 0 aliphatic carbocycles. The van der Waals surface area contributed by atoms with Crippen molar-refractivity contribution >= 4 is 21.6 Å². The van der Waals surface area contributed by atoms with E-state index >= 15 is 0 Å². The number of fused-ring (bicyclic) bond motifs is 1. The molecule has 0 unspecified atom stereocenters. The second kappa shape index (κ2) is 7.22. The first kappa shape index (κ1) is 18.0. The Kier molecular flexibility index (Phi) is 5.01. The van der Waals surface area contributed by atoms with Crippen LogP contribution in [0.4, 0.5) is 5.69 Å². The van der Waals surface area contributed by atoms with Crippen LogP contribution in [0.3, 0.4) is 0 Å². The topological polar surface area (TPSA) is 103 Å². The fourth-order valence-electron chi connectivity index (χ4n) is 2.47. The van der Waals surface area contributed by atoms with Crippen LogP contribution in [0.1, 0.15) is 5.56 Å². The molecule has 2 N–H and O–H groups in total. The number of methoxy groups -OCH3 is 1. The number of hydrogen-bond acceptors (Lipinski definition) is 6. The number of carbonyl (C=O) groups is 1. The highest BCUT2D eigenvalue weighted by atomic mass is 32.2. The molecule has 0 aromatic heterocycles. The summed E-state index contributed by atoms with van der Waals surface area (Å²) in [5, 5.41) is 2.61. The lowest BCUT2D eigenvalue weighted by Crippen LogP contribution is -2.33. The van der Waals surface area contributed by atoms with Gasteiger partial charge in [-0.3, -0.25) is 4.79 Å². The highest BCUT2D eigenvalue weighted by Gasteiger charge is 2.19. The van der Waals surface area contributed by atoms with Gasteiger partial charge in [-0.15, -0.1) is 0 Å². The van der Waals surface area contributed by atoms with Crippen molar-refractivity contribution < 1.29 is 27.4 Å². The molecule has 2 aromatic rings. The number of ether oxygens (including phenoxy) is 3. The first-order valence-corrected chi connectivity index (χ1v) is 9.21. The Morgan fingerprint density at radius 3 is 2.65 bits per heavy atom. The van der Waals surface area contributed by atoms with Crippen molar-refractivity contribution in [3.05, 3.63) is 42.0 Å². The summed E-state index contributed by atoms with van der Waals surface area (Å²) in [6.45, 7) is 1.39. The van der Waals surface area contributed by atoms with E-state index in [0.29, 0.717) is 28.5 Å².